The lowest BCUT2D eigenvalue weighted by Gasteiger charge is -2.42. The molecule has 0 saturated carbocycles. The van der Waals surface area contributed by atoms with Crippen LogP contribution in [0.2, 0.25) is 0 Å². The van der Waals surface area contributed by atoms with Crippen molar-refractivity contribution in [3.05, 3.63) is 42.1 Å². The maximum absolute atomic E-state index is 12.5. The topological polar surface area (TPSA) is 244 Å². The van der Waals surface area contributed by atoms with Gasteiger partial charge in [-0.05, 0) is 75.1 Å². The summed E-state index contributed by atoms with van der Waals surface area (Å²) in [5.74, 6) is 0.329. The Morgan fingerprint density at radius 3 is 2.18 bits per heavy atom. The van der Waals surface area contributed by atoms with Gasteiger partial charge in [0.25, 0.3) is 0 Å². The van der Waals surface area contributed by atoms with Crippen molar-refractivity contribution in [3.8, 4) is 5.75 Å². The molecule has 0 spiro atoms. The third-order valence-electron chi connectivity index (χ3n) is 10.5. The number of aromatic nitrogens is 1. The zero-order valence-electron chi connectivity index (χ0n) is 32.0. The number of unbranched alkanes of at least 4 members (excludes halogenated alkanes) is 8. The first kappa shape index (κ1) is 45.0. The molecule has 0 aliphatic carbocycles. The van der Waals surface area contributed by atoms with Gasteiger partial charge in [-0.2, -0.15) is 0 Å². The first-order valence-electron chi connectivity index (χ1n) is 20.0. The van der Waals surface area contributed by atoms with E-state index in [0.29, 0.717) is 25.1 Å². The standard InChI is InChI=1S/C40H64N2O13/c1-2-26(44)15-13-11-9-7-5-3-4-6-8-10-12-14-16-32(45)41-20-19-25-22-42-29-18-17-27(21-28(25)29)53-40-38(51)36(49)34(47)31(55-40)24-52-39-37(50)35(48)33(46)30(23-43)54-39/h3,5,17-18,21-22,26,30-31,33-40,42-44,46-51H,2,4,6-16,19-20,23-24H2,1H3,(H,41,45). The second kappa shape index (κ2) is 23.5. The molecule has 2 aliphatic heterocycles. The lowest BCUT2D eigenvalue weighted by Crippen LogP contribution is -2.62. The Bertz CT molecular complexity index is 1420. The number of hydrogen-bond acceptors (Lipinski definition) is 13. The molecule has 3 heterocycles. The first-order valence-corrected chi connectivity index (χ1v) is 20.0. The smallest absolute Gasteiger partial charge is 0.229 e. The minimum atomic E-state index is -1.68. The van der Waals surface area contributed by atoms with Gasteiger partial charge in [0.1, 0.15) is 54.6 Å². The minimum absolute atomic E-state index is 0.0188. The van der Waals surface area contributed by atoms with Crippen molar-refractivity contribution < 1.29 is 64.6 Å². The Kier molecular flexibility index (Phi) is 19.3. The number of hydrogen-bond donors (Lipinski definition) is 10. The average Bonchev–Trinajstić information content (AvgIpc) is 3.59. The number of aliphatic hydroxyl groups excluding tert-OH is 8. The molecule has 4 rings (SSSR count). The number of carbonyl (C=O) groups excluding carboxylic acids is 1. The number of rotatable bonds is 24. The van der Waals surface area contributed by atoms with E-state index in [9.17, 15) is 45.6 Å². The van der Waals surface area contributed by atoms with E-state index in [4.69, 9.17) is 18.9 Å². The molecule has 1 aromatic heterocycles. The van der Waals surface area contributed by atoms with Crippen molar-refractivity contribution in [3.63, 3.8) is 0 Å². The lowest BCUT2D eigenvalue weighted by atomic mass is 9.98. The Labute approximate surface area is 323 Å². The summed E-state index contributed by atoms with van der Waals surface area (Å²) in [6.07, 6.45) is 4.80. The van der Waals surface area contributed by atoms with Crippen LogP contribution in [-0.4, -0.2) is 139 Å². The predicted octanol–water partition coefficient (Wildman–Crippen LogP) is 1.84. The highest BCUT2D eigenvalue weighted by molar-refractivity contribution is 5.84. The number of nitrogens with one attached hydrogen (secondary N) is 2. The molecule has 11 atom stereocenters. The van der Waals surface area contributed by atoms with Crippen LogP contribution in [0.4, 0.5) is 0 Å². The number of benzene rings is 1. The molecule has 312 valence electrons. The predicted molar refractivity (Wildman–Crippen MR) is 203 cm³/mol. The molecule has 2 saturated heterocycles. The highest BCUT2D eigenvalue weighted by atomic mass is 16.7. The summed E-state index contributed by atoms with van der Waals surface area (Å²) in [4.78, 5) is 15.7. The SMILES string of the molecule is CCC(O)CCCCCC=CCCCCCCCC(=O)NCCc1c[nH]c2ccc(OC3OC(COC4OC(CO)C(O)C(O)C4O)C(O)C(O)C3O)cc12. The maximum atomic E-state index is 12.5. The van der Waals surface area contributed by atoms with Gasteiger partial charge in [-0.1, -0.05) is 51.2 Å². The van der Waals surface area contributed by atoms with Gasteiger partial charge in [-0.3, -0.25) is 4.79 Å². The van der Waals surface area contributed by atoms with E-state index in [1.807, 2.05) is 13.1 Å². The van der Waals surface area contributed by atoms with Crippen LogP contribution < -0.4 is 10.1 Å². The summed E-state index contributed by atoms with van der Waals surface area (Å²) in [5.41, 5.74) is 1.77. The highest BCUT2D eigenvalue weighted by Crippen LogP contribution is 2.29. The Hall–Kier alpha value is -2.67. The molecule has 2 aliphatic rings. The number of aliphatic hydroxyl groups is 8. The second-order valence-electron chi connectivity index (χ2n) is 14.8. The number of allylic oxidation sites excluding steroid dienone is 2. The van der Waals surface area contributed by atoms with Crippen LogP contribution in [0.5, 0.6) is 5.75 Å². The fourth-order valence-corrected chi connectivity index (χ4v) is 6.88. The van der Waals surface area contributed by atoms with Crippen molar-refractivity contribution in [2.45, 2.75) is 164 Å². The monoisotopic (exact) mass is 780 g/mol. The minimum Gasteiger partial charge on any atom is -0.462 e. The van der Waals surface area contributed by atoms with Gasteiger partial charge in [0, 0.05) is 30.1 Å². The van der Waals surface area contributed by atoms with Gasteiger partial charge in [0.15, 0.2) is 6.29 Å². The van der Waals surface area contributed by atoms with Crippen LogP contribution >= 0.6 is 0 Å². The molecule has 15 nitrogen and oxygen atoms in total. The largest absolute Gasteiger partial charge is 0.462 e. The van der Waals surface area contributed by atoms with Crippen molar-refractivity contribution in [1.82, 2.24) is 10.3 Å². The van der Waals surface area contributed by atoms with Crippen LogP contribution in [0.3, 0.4) is 0 Å². The zero-order chi connectivity index (χ0) is 39.7. The molecule has 0 radical (unpaired) electrons. The van der Waals surface area contributed by atoms with Gasteiger partial charge in [-0.15, -0.1) is 0 Å². The molecule has 1 amide bonds. The van der Waals surface area contributed by atoms with E-state index in [1.165, 1.54) is 12.8 Å². The number of fused-ring (bicyclic) bond motifs is 1. The summed E-state index contributed by atoms with van der Waals surface area (Å²) >= 11 is 0. The molecule has 0 bridgehead atoms. The molecule has 10 N–H and O–H groups in total. The van der Waals surface area contributed by atoms with Gasteiger partial charge >= 0.3 is 0 Å². The molecule has 11 unspecified atom stereocenters. The Morgan fingerprint density at radius 2 is 1.47 bits per heavy atom. The number of ether oxygens (including phenoxy) is 4. The molecular weight excluding hydrogens is 716 g/mol. The maximum Gasteiger partial charge on any atom is 0.229 e. The Balaban J connectivity index is 1.14. The van der Waals surface area contributed by atoms with Crippen LogP contribution in [-0.2, 0) is 25.4 Å². The second-order valence-corrected chi connectivity index (χ2v) is 14.8. The normalized spacial score (nSPS) is 29.2. The first-order chi connectivity index (χ1) is 26.5. The lowest BCUT2D eigenvalue weighted by molar-refractivity contribution is -0.323. The van der Waals surface area contributed by atoms with Gasteiger partial charge in [0.2, 0.25) is 12.2 Å². The third kappa shape index (κ3) is 13.7. The molecule has 1 aromatic carbocycles. The van der Waals surface area contributed by atoms with E-state index in [0.717, 1.165) is 80.7 Å². The average molecular weight is 781 g/mol. The van der Waals surface area contributed by atoms with E-state index in [2.05, 4.69) is 22.5 Å². The quantitative estimate of drug-likeness (QED) is 0.0541. The zero-order valence-corrected chi connectivity index (χ0v) is 32.0. The van der Waals surface area contributed by atoms with Crippen LogP contribution in [0, 0.1) is 0 Å². The third-order valence-corrected chi connectivity index (χ3v) is 10.5. The summed E-state index contributed by atoms with van der Waals surface area (Å²) in [7, 11) is 0. The van der Waals surface area contributed by atoms with Crippen LogP contribution in [0.1, 0.15) is 96.0 Å². The van der Waals surface area contributed by atoms with E-state index in [1.54, 1.807) is 18.2 Å². The molecule has 15 heteroatoms. The van der Waals surface area contributed by atoms with E-state index in [-0.39, 0.29) is 12.0 Å². The summed E-state index contributed by atoms with van der Waals surface area (Å²) < 4.78 is 22.5. The Morgan fingerprint density at radius 1 is 0.836 bits per heavy atom. The van der Waals surface area contributed by atoms with Gasteiger partial charge < -0.3 is 70.1 Å². The van der Waals surface area contributed by atoms with Gasteiger partial charge in [0.05, 0.1) is 19.3 Å². The van der Waals surface area contributed by atoms with Crippen molar-refractivity contribution in [2.75, 3.05) is 19.8 Å². The summed E-state index contributed by atoms with van der Waals surface area (Å²) in [6, 6.07) is 5.18. The number of aromatic amines is 1. The summed E-state index contributed by atoms with van der Waals surface area (Å²) in [6.45, 7) is 1.35. The van der Waals surface area contributed by atoms with E-state index >= 15 is 0 Å². The molecule has 2 fully saturated rings. The molecule has 55 heavy (non-hydrogen) atoms. The fourth-order valence-electron chi connectivity index (χ4n) is 6.88. The number of carbonyl (C=O) groups is 1. The number of amides is 1. The highest BCUT2D eigenvalue weighted by Gasteiger charge is 2.48. The van der Waals surface area contributed by atoms with Crippen molar-refractivity contribution >= 4 is 16.8 Å². The number of H-pyrrole nitrogens is 1. The van der Waals surface area contributed by atoms with Crippen LogP contribution in [0.15, 0.2) is 36.5 Å². The molecule has 2 aromatic rings. The fraction of sp³-hybridized carbons (Fsp3) is 0.725. The summed E-state index contributed by atoms with van der Waals surface area (Å²) in [5, 5.41) is 84.9. The van der Waals surface area contributed by atoms with Crippen molar-refractivity contribution in [1.29, 1.82) is 0 Å². The van der Waals surface area contributed by atoms with E-state index < -0.39 is 74.6 Å². The van der Waals surface area contributed by atoms with Gasteiger partial charge in [-0.25, -0.2) is 0 Å². The van der Waals surface area contributed by atoms with Crippen LogP contribution in [0.25, 0.3) is 10.9 Å². The molecular formula is C40H64N2O13. The van der Waals surface area contributed by atoms with Crippen molar-refractivity contribution in [2.24, 2.45) is 0 Å².